The van der Waals surface area contributed by atoms with Crippen LogP contribution in [0.1, 0.15) is 13.3 Å². The van der Waals surface area contributed by atoms with Crippen LogP contribution < -0.4 is 10.2 Å². The van der Waals surface area contributed by atoms with Crippen molar-refractivity contribution in [1.82, 2.24) is 14.9 Å². The average molecular weight is 249 g/mol. The minimum absolute atomic E-state index is 0.748. The Bertz CT molecular complexity index is 381. The first-order chi connectivity index (χ1) is 8.69. The van der Waals surface area contributed by atoms with Crippen LogP contribution in [-0.4, -0.2) is 55.1 Å². The number of nitrogens with one attached hydrogen (secondary N) is 1. The van der Waals surface area contributed by atoms with Gasteiger partial charge in [-0.1, -0.05) is 0 Å². The summed E-state index contributed by atoms with van der Waals surface area (Å²) in [4.78, 5) is 13.2. The van der Waals surface area contributed by atoms with Crippen molar-refractivity contribution in [3.63, 3.8) is 0 Å². The molecule has 0 radical (unpaired) electrons. The van der Waals surface area contributed by atoms with E-state index in [2.05, 4.69) is 46.1 Å². The van der Waals surface area contributed by atoms with Crippen LogP contribution >= 0.6 is 0 Å². The lowest BCUT2D eigenvalue weighted by Gasteiger charge is -2.22. The molecule has 2 rings (SSSR count). The molecule has 1 fully saturated rings. The van der Waals surface area contributed by atoms with Gasteiger partial charge in [0.05, 0.1) is 0 Å². The first-order valence-corrected chi connectivity index (χ1v) is 6.64. The molecule has 1 aromatic rings. The summed E-state index contributed by atoms with van der Waals surface area (Å²) < 4.78 is 0. The smallest absolute Gasteiger partial charge is 0.133 e. The fourth-order valence-electron chi connectivity index (χ4n) is 2.49. The van der Waals surface area contributed by atoms with Gasteiger partial charge in [-0.05, 0) is 32.9 Å². The molecule has 100 valence electrons. The Kier molecular flexibility index (Phi) is 4.36. The number of likely N-dealkylation sites (tertiary alicyclic amines) is 1. The third-order valence-corrected chi connectivity index (χ3v) is 3.42. The van der Waals surface area contributed by atoms with Crippen LogP contribution in [0.4, 0.5) is 11.6 Å². The van der Waals surface area contributed by atoms with E-state index in [0.717, 1.165) is 30.6 Å². The maximum atomic E-state index is 4.34. The number of aromatic nitrogens is 2. The second-order valence-corrected chi connectivity index (χ2v) is 5.09. The summed E-state index contributed by atoms with van der Waals surface area (Å²) in [6.45, 7) is 6.42. The van der Waals surface area contributed by atoms with Crippen LogP contribution in [0.25, 0.3) is 0 Å². The van der Waals surface area contributed by atoms with Crippen molar-refractivity contribution in [1.29, 1.82) is 0 Å². The molecule has 5 heteroatoms. The minimum Gasteiger partial charge on any atom is -0.370 e. The number of hydrogen-bond acceptors (Lipinski definition) is 5. The Morgan fingerprint density at radius 3 is 3.00 bits per heavy atom. The van der Waals surface area contributed by atoms with E-state index in [1.807, 2.05) is 6.07 Å². The second-order valence-electron chi connectivity index (χ2n) is 5.09. The highest BCUT2D eigenvalue weighted by Gasteiger charge is 2.21. The molecule has 0 aliphatic carbocycles. The zero-order valence-electron chi connectivity index (χ0n) is 11.6. The van der Waals surface area contributed by atoms with Crippen LogP contribution in [-0.2, 0) is 0 Å². The van der Waals surface area contributed by atoms with Gasteiger partial charge in [0.2, 0.25) is 0 Å². The van der Waals surface area contributed by atoms with Gasteiger partial charge >= 0.3 is 0 Å². The van der Waals surface area contributed by atoms with Crippen molar-refractivity contribution in [2.75, 3.05) is 50.5 Å². The highest BCUT2D eigenvalue weighted by molar-refractivity contribution is 5.47. The highest BCUT2D eigenvalue weighted by Crippen LogP contribution is 2.19. The van der Waals surface area contributed by atoms with Crippen molar-refractivity contribution in [3.8, 4) is 0 Å². The molecule has 5 nitrogen and oxygen atoms in total. The van der Waals surface area contributed by atoms with Gasteiger partial charge in [0.1, 0.15) is 18.0 Å². The van der Waals surface area contributed by atoms with Crippen LogP contribution in [0.3, 0.4) is 0 Å². The van der Waals surface area contributed by atoms with Gasteiger partial charge in [0, 0.05) is 32.7 Å². The third-order valence-electron chi connectivity index (χ3n) is 3.42. The molecular weight excluding hydrogens is 226 g/mol. The lowest BCUT2D eigenvalue weighted by Crippen LogP contribution is -2.28. The Labute approximate surface area is 109 Å². The van der Waals surface area contributed by atoms with Crippen molar-refractivity contribution < 1.29 is 0 Å². The fourth-order valence-corrected chi connectivity index (χ4v) is 2.49. The SMILES string of the molecule is CCNc1cc(N(C)CC2CCN(C)C2)ncn1. The highest BCUT2D eigenvalue weighted by atomic mass is 15.2. The first kappa shape index (κ1) is 13.1. The molecule has 18 heavy (non-hydrogen) atoms. The molecule has 1 N–H and O–H groups in total. The Morgan fingerprint density at radius 1 is 1.50 bits per heavy atom. The molecule has 0 aromatic carbocycles. The number of anilines is 2. The molecule has 1 aliphatic rings. The molecule has 1 aliphatic heterocycles. The van der Waals surface area contributed by atoms with Gasteiger partial charge in [-0.2, -0.15) is 0 Å². The Balaban J connectivity index is 1.95. The van der Waals surface area contributed by atoms with E-state index in [-0.39, 0.29) is 0 Å². The van der Waals surface area contributed by atoms with E-state index < -0.39 is 0 Å². The van der Waals surface area contributed by atoms with Crippen molar-refractivity contribution >= 4 is 11.6 Å². The van der Waals surface area contributed by atoms with Gasteiger partial charge in [-0.25, -0.2) is 9.97 Å². The van der Waals surface area contributed by atoms with Gasteiger partial charge < -0.3 is 15.1 Å². The summed E-state index contributed by atoms with van der Waals surface area (Å²) in [6, 6.07) is 2.02. The van der Waals surface area contributed by atoms with Crippen molar-refractivity contribution in [3.05, 3.63) is 12.4 Å². The van der Waals surface area contributed by atoms with E-state index in [1.165, 1.54) is 19.5 Å². The van der Waals surface area contributed by atoms with Gasteiger partial charge in [-0.15, -0.1) is 0 Å². The summed E-state index contributed by atoms with van der Waals surface area (Å²) in [7, 11) is 4.30. The average Bonchev–Trinajstić information content (AvgIpc) is 2.75. The standard InChI is InChI=1S/C13H23N5/c1-4-14-12-7-13(16-10-15-12)18(3)9-11-5-6-17(2)8-11/h7,10-11H,4-6,8-9H2,1-3H3,(H,14,15,16). The minimum atomic E-state index is 0.748. The summed E-state index contributed by atoms with van der Waals surface area (Å²) in [5, 5.41) is 3.22. The van der Waals surface area contributed by atoms with Gasteiger partial charge in [0.25, 0.3) is 0 Å². The number of hydrogen-bond donors (Lipinski definition) is 1. The van der Waals surface area contributed by atoms with Crippen molar-refractivity contribution in [2.24, 2.45) is 5.92 Å². The zero-order valence-corrected chi connectivity index (χ0v) is 11.6. The second kappa shape index (κ2) is 6.00. The molecule has 1 atom stereocenters. The summed E-state index contributed by atoms with van der Waals surface area (Å²) in [6.07, 6.45) is 2.91. The van der Waals surface area contributed by atoms with E-state index in [9.17, 15) is 0 Å². The normalized spacial score (nSPS) is 20.1. The maximum absolute atomic E-state index is 4.34. The third kappa shape index (κ3) is 3.32. The largest absolute Gasteiger partial charge is 0.370 e. The van der Waals surface area contributed by atoms with Gasteiger partial charge in [-0.3, -0.25) is 0 Å². The van der Waals surface area contributed by atoms with Gasteiger partial charge in [0.15, 0.2) is 0 Å². The molecule has 1 saturated heterocycles. The van der Waals surface area contributed by atoms with Crippen LogP contribution in [0.2, 0.25) is 0 Å². The summed E-state index contributed by atoms with van der Waals surface area (Å²) in [5.41, 5.74) is 0. The molecule has 0 spiro atoms. The first-order valence-electron chi connectivity index (χ1n) is 6.64. The van der Waals surface area contributed by atoms with E-state index >= 15 is 0 Å². The molecule has 0 saturated carbocycles. The zero-order chi connectivity index (χ0) is 13.0. The number of rotatable bonds is 5. The number of nitrogens with zero attached hydrogens (tertiary/aromatic N) is 4. The molecule has 1 unspecified atom stereocenters. The van der Waals surface area contributed by atoms with E-state index in [1.54, 1.807) is 6.33 Å². The Morgan fingerprint density at radius 2 is 2.33 bits per heavy atom. The van der Waals surface area contributed by atoms with E-state index in [4.69, 9.17) is 0 Å². The molecule has 2 heterocycles. The summed E-state index contributed by atoms with van der Waals surface area (Å²) in [5.74, 6) is 2.64. The van der Waals surface area contributed by atoms with Crippen LogP contribution in [0.15, 0.2) is 12.4 Å². The maximum Gasteiger partial charge on any atom is 0.133 e. The monoisotopic (exact) mass is 249 g/mol. The molecule has 0 bridgehead atoms. The van der Waals surface area contributed by atoms with E-state index in [0.29, 0.717) is 0 Å². The predicted octanol–water partition coefficient (Wildman–Crippen LogP) is 1.30. The van der Waals surface area contributed by atoms with Crippen LogP contribution in [0, 0.1) is 5.92 Å². The van der Waals surface area contributed by atoms with Crippen LogP contribution in [0.5, 0.6) is 0 Å². The molecule has 1 aromatic heterocycles. The topological polar surface area (TPSA) is 44.3 Å². The lowest BCUT2D eigenvalue weighted by atomic mass is 10.1. The quantitative estimate of drug-likeness (QED) is 0.852. The Hall–Kier alpha value is -1.36. The fraction of sp³-hybridized carbons (Fsp3) is 0.692. The summed E-state index contributed by atoms with van der Waals surface area (Å²) >= 11 is 0. The molecular formula is C13H23N5. The van der Waals surface area contributed by atoms with Crippen molar-refractivity contribution in [2.45, 2.75) is 13.3 Å². The lowest BCUT2D eigenvalue weighted by molar-refractivity contribution is 0.395. The molecule has 0 amide bonds. The predicted molar refractivity (Wildman–Crippen MR) is 75.1 cm³/mol.